The lowest BCUT2D eigenvalue weighted by atomic mass is 9.61. The van der Waals surface area contributed by atoms with Crippen LogP contribution in [0.15, 0.2) is 35.5 Å². The van der Waals surface area contributed by atoms with Crippen molar-refractivity contribution in [2.75, 3.05) is 19.6 Å². The van der Waals surface area contributed by atoms with E-state index >= 15 is 0 Å². The molecule has 0 radical (unpaired) electrons. The van der Waals surface area contributed by atoms with Gasteiger partial charge in [-0.25, -0.2) is 0 Å². The normalized spacial score (nSPS) is 39.3. The predicted octanol–water partition coefficient (Wildman–Crippen LogP) is 4.37. The molecular weight excluding hydrogens is 431 g/mol. The van der Waals surface area contributed by atoms with Crippen molar-refractivity contribution < 1.29 is 28.5 Å². The van der Waals surface area contributed by atoms with Crippen LogP contribution >= 0.6 is 0 Å². The fourth-order valence-corrected chi connectivity index (χ4v) is 7.18. The second kappa shape index (κ2) is 8.81. The summed E-state index contributed by atoms with van der Waals surface area (Å²) < 4.78 is 38.9. The summed E-state index contributed by atoms with van der Waals surface area (Å²) in [6, 6.07) is 0. The quantitative estimate of drug-likeness (QED) is 0.535. The van der Waals surface area contributed by atoms with Gasteiger partial charge in [0.25, 0.3) is 0 Å². The van der Waals surface area contributed by atoms with E-state index in [0.29, 0.717) is 36.8 Å². The monoisotopic (exact) mass is 469 g/mol. The van der Waals surface area contributed by atoms with E-state index in [1.165, 1.54) is 5.57 Å². The SMILES string of the molecule is C=C1[C@H](O)CC(=CC=C2CCC[C@]3(C)[C@@H](C(C)CN4CC(O)(C(F)(F)F)C4)CC[C@@H]23)C[C@H]1O. The first-order valence-corrected chi connectivity index (χ1v) is 12.3. The predicted molar refractivity (Wildman–Crippen MR) is 121 cm³/mol. The molecule has 0 aromatic heterocycles. The van der Waals surface area contributed by atoms with Crippen LogP contribution in [0.1, 0.15) is 58.8 Å². The Kier molecular flexibility index (Phi) is 6.66. The fourth-order valence-electron chi connectivity index (χ4n) is 7.18. The van der Waals surface area contributed by atoms with Crippen molar-refractivity contribution in [2.24, 2.45) is 23.2 Å². The first-order valence-electron chi connectivity index (χ1n) is 12.3. The molecular formula is C26H38F3NO3. The number of aliphatic hydroxyl groups excluding tert-OH is 2. The van der Waals surface area contributed by atoms with E-state index in [2.05, 4.69) is 32.6 Å². The molecule has 0 amide bonds. The standard InChI is InChI=1S/C26H38F3NO3/c1-16(13-30-14-25(33,15-30)26(27,28)29)20-8-9-21-19(5-4-10-24(20,21)3)7-6-18-11-22(31)17(2)23(32)12-18/h6-7,16,20-23,31-33H,2,4-5,8-15H2,1,3H3/t16?,20-,21+,22-,23-,24-/m1/s1. The van der Waals surface area contributed by atoms with E-state index in [4.69, 9.17) is 0 Å². The number of β-amino-alcohol motifs (C(OH)–C–C–N with tert-alkyl or cyclic N) is 1. The molecule has 4 aliphatic rings. The molecule has 3 aliphatic carbocycles. The number of hydrogen-bond donors (Lipinski definition) is 3. The maximum atomic E-state index is 13.0. The summed E-state index contributed by atoms with van der Waals surface area (Å²) in [5.41, 5.74) is 0.547. The summed E-state index contributed by atoms with van der Waals surface area (Å²) in [4.78, 5) is 1.74. The van der Waals surface area contributed by atoms with Crippen molar-refractivity contribution in [1.82, 2.24) is 4.90 Å². The highest BCUT2D eigenvalue weighted by Gasteiger charge is 2.61. The summed E-state index contributed by atoms with van der Waals surface area (Å²) in [6.07, 6.45) is 4.82. The Hall–Kier alpha value is -1.15. The van der Waals surface area contributed by atoms with Crippen LogP contribution in [0.3, 0.4) is 0 Å². The van der Waals surface area contributed by atoms with Crippen LogP contribution in [-0.2, 0) is 0 Å². The summed E-state index contributed by atoms with van der Waals surface area (Å²) >= 11 is 0. The van der Waals surface area contributed by atoms with Gasteiger partial charge in [0.15, 0.2) is 5.60 Å². The van der Waals surface area contributed by atoms with Crippen molar-refractivity contribution in [3.63, 3.8) is 0 Å². The highest BCUT2D eigenvalue weighted by atomic mass is 19.4. The van der Waals surface area contributed by atoms with Gasteiger partial charge in [-0.05, 0) is 73.7 Å². The van der Waals surface area contributed by atoms with Gasteiger partial charge < -0.3 is 15.3 Å². The van der Waals surface area contributed by atoms with Crippen LogP contribution in [-0.4, -0.2) is 63.8 Å². The third kappa shape index (κ3) is 4.58. The molecule has 0 aromatic carbocycles. The molecule has 1 heterocycles. The summed E-state index contributed by atoms with van der Waals surface area (Å²) in [6.45, 7) is 8.23. The molecule has 1 aliphatic heterocycles. The number of hydrogen-bond acceptors (Lipinski definition) is 4. The van der Waals surface area contributed by atoms with Crippen molar-refractivity contribution in [3.8, 4) is 0 Å². The summed E-state index contributed by atoms with van der Waals surface area (Å²) in [5.74, 6) is 1.18. The van der Waals surface area contributed by atoms with Gasteiger partial charge in [-0.2, -0.15) is 13.2 Å². The van der Waals surface area contributed by atoms with Crippen LogP contribution in [0.5, 0.6) is 0 Å². The van der Waals surface area contributed by atoms with E-state index in [9.17, 15) is 28.5 Å². The first kappa shape index (κ1) is 25.0. The lowest BCUT2D eigenvalue weighted by Gasteiger charge is -2.50. The zero-order chi connectivity index (χ0) is 24.2. The molecule has 6 atom stereocenters. The lowest BCUT2D eigenvalue weighted by Crippen LogP contribution is -2.69. The van der Waals surface area contributed by atoms with Crippen molar-refractivity contribution >= 4 is 0 Å². The Bertz CT molecular complexity index is 813. The number of rotatable bonds is 4. The van der Waals surface area contributed by atoms with Gasteiger partial charge in [0.2, 0.25) is 0 Å². The molecule has 4 fully saturated rings. The van der Waals surface area contributed by atoms with Gasteiger partial charge in [-0.15, -0.1) is 0 Å². The molecule has 4 nitrogen and oxygen atoms in total. The molecule has 0 spiro atoms. The average molecular weight is 470 g/mol. The van der Waals surface area contributed by atoms with E-state index < -0.39 is 24.0 Å². The van der Waals surface area contributed by atoms with Crippen molar-refractivity contribution in [3.05, 3.63) is 35.5 Å². The van der Waals surface area contributed by atoms with E-state index in [-0.39, 0.29) is 24.4 Å². The Morgan fingerprint density at radius 3 is 2.39 bits per heavy atom. The topological polar surface area (TPSA) is 63.9 Å². The number of alkyl halides is 3. The second-order valence-corrected chi connectivity index (χ2v) is 11.4. The van der Waals surface area contributed by atoms with Gasteiger partial charge in [0.1, 0.15) is 0 Å². The number of aliphatic hydroxyl groups is 3. The van der Waals surface area contributed by atoms with Crippen LogP contribution in [0.25, 0.3) is 0 Å². The van der Waals surface area contributed by atoms with Crippen LogP contribution in [0.4, 0.5) is 13.2 Å². The first-order chi connectivity index (χ1) is 15.3. The molecule has 1 saturated heterocycles. The third-order valence-corrected chi connectivity index (χ3v) is 9.07. The number of nitrogens with zero attached hydrogens (tertiary/aromatic N) is 1. The molecule has 33 heavy (non-hydrogen) atoms. The number of allylic oxidation sites excluding steroid dienone is 3. The zero-order valence-corrected chi connectivity index (χ0v) is 19.7. The zero-order valence-electron chi connectivity index (χ0n) is 19.7. The minimum Gasteiger partial charge on any atom is -0.388 e. The second-order valence-electron chi connectivity index (χ2n) is 11.4. The van der Waals surface area contributed by atoms with E-state index in [1.807, 2.05) is 0 Å². The maximum absolute atomic E-state index is 13.0. The molecule has 186 valence electrons. The Morgan fingerprint density at radius 2 is 1.79 bits per heavy atom. The van der Waals surface area contributed by atoms with Crippen LogP contribution in [0, 0.1) is 23.2 Å². The van der Waals surface area contributed by atoms with Gasteiger partial charge in [0, 0.05) is 19.6 Å². The maximum Gasteiger partial charge on any atom is 0.419 e. The Morgan fingerprint density at radius 1 is 1.15 bits per heavy atom. The molecule has 0 aromatic rings. The molecule has 3 N–H and O–H groups in total. The van der Waals surface area contributed by atoms with Crippen molar-refractivity contribution in [2.45, 2.75) is 82.8 Å². The minimum absolute atomic E-state index is 0.132. The number of fused-ring (bicyclic) bond motifs is 1. The average Bonchev–Trinajstić information content (AvgIpc) is 3.05. The van der Waals surface area contributed by atoms with E-state index in [0.717, 1.165) is 37.7 Å². The molecule has 4 rings (SSSR count). The molecule has 7 heteroatoms. The largest absolute Gasteiger partial charge is 0.419 e. The lowest BCUT2D eigenvalue weighted by molar-refractivity contribution is -0.302. The van der Waals surface area contributed by atoms with Gasteiger partial charge >= 0.3 is 6.18 Å². The van der Waals surface area contributed by atoms with Crippen molar-refractivity contribution in [1.29, 1.82) is 0 Å². The third-order valence-electron chi connectivity index (χ3n) is 9.07. The summed E-state index contributed by atoms with van der Waals surface area (Å²) in [5, 5.41) is 30.0. The molecule has 0 bridgehead atoms. The number of halogens is 3. The van der Waals surface area contributed by atoms with Crippen LogP contribution in [0.2, 0.25) is 0 Å². The number of likely N-dealkylation sites (tertiary alicyclic amines) is 1. The Labute approximate surface area is 194 Å². The summed E-state index contributed by atoms with van der Waals surface area (Å²) in [7, 11) is 0. The smallest absolute Gasteiger partial charge is 0.388 e. The fraction of sp³-hybridized carbons (Fsp3) is 0.769. The highest BCUT2D eigenvalue weighted by Crippen LogP contribution is 2.59. The van der Waals surface area contributed by atoms with Crippen LogP contribution < -0.4 is 0 Å². The molecule has 1 unspecified atom stereocenters. The van der Waals surface area contributed by atoms with Gasteiger partial charge in [-0.1, -0.05) is 43.7 Å². The van der Waals surface area contributed by atoms with Gasteiger partial charge in [-0.3, -0.25) is 4.90 Å². The molecule has 3 saturated carbocycles. The Balaban J connectivity index is 1.41. The van der Waals surface area contributed by atoms with Gasteiger partial charge in [0.05, 0.1) is 12.2 Å². The minimum atomic E-state index is -4.56. The van der Waals surface area contributed by atoms with E-state index in [1.54, 1.807) is 4.90 Å². The highest BCUT2D eigenvalue weighted by molar-refractivity contribution is 5.29.